The van der Waals surface area contributed by atoms with E-state index in [0.29, 0.717) is 0 Å². The van der Waals surface area contributed by atoms with Crippen molar-refractivity contribution < 1.29 is 10.2 Å². The van der Waals surface area contributed by atoms with Crippen LogP contribution in [0.5, 0.6) is 0 Å². The van der Waals surface area contributed by atoms with Crippen LogP contribution in [-0.4, -0.2) is 16.0 Å². The molecule has 122 valence electrons. The van der Waals surface area contributed by atoms with Crippen LogP contribution in [-0.2, 0) is 13.2 Å². The van der Waals surface area contributed by atoms with Crippen LogP contribution >= 0.6 is 27.7 Å². The fraction of sp³-hybridized carbons (Fsp3) is 0.263. The maximum Gasteiger partial charge on any atom is 0.0681 e. The van der Waals surface area contributed by atoms with E-state index in [-0.39, 0.29) is 13.2 Å². The van der Waals surface area contributed by atoms with E-state index < -0.39 is 0 Å². The number of hydrogen-bond acceptors (Lipinski definition) is 3. The van der Waals surface area contributed by atoms with E-state index in [1.54, 1.807) is 11.8 Å². The molecule has 0 fully saturated rings. The van der Waals surface area contributed by atoms with Gasteiger partial charge in [0.1, 0.15) is 0 Å². The van der Waals surface area contributed by atoms with Gasteiger partial charge in [-0.15, -0.1) is 17.7 Å². The van der Waals surface area contributed by atoms with Crippen molar-refractivity contribution in [2.45, 2.75) is 31.5 Å². The lowest BCUT2D eigenvalue weighted by Crippen LogP contribution is -1.81. The summed E-state index contributed by atoms with van der Waals surface area (Å²) in [5.41, 5.74) is 1.90. The Morgan fingerprint density at radius 2 is 1.39 bits per heavy atom. The van der Waals surface area contributed by atoms with Gasteiger partial charge in [-0.05, 0) is 35.4 Å². The Labute approximate surface area is 151 Å². The van der Waals surface area contributed by atoms with Gasteiger partial charge in [-0.2, -0.15) is 0 Å². The summed E-state index contributed by atoms with van der Waals surface area (Å²) in [6.07, 6.45) is 0.921. The van der Waals surface area contributed by atoms with Crippen LogP contribution in [0.1, 0.15) is 24.5 Å². The minimum atomic E-state index is 0.112. The lowest BCUT2D eigenvalue weighted by molar-refractivity contribution is 0.281. The molecular weight excluding hydrogens is 372 g/mol. The fourth-order valence-electron chi connectivity index (χ4n) is 1.58. The first-order valence-electron chi connectivity index (χ1n) is 7.33. The lowest BCUT2D eigenvalue weighted by atomic mass is 10.2. The summed E-state index contributed by atoms with van der Waals surface area (Å²) in [5, 5.41) is 17.5. The van der Waals surface area contributed by atoms with E-state index in [9.17, 15) is 0 Å². The molecule has 0 amide bonds. The predicted octanol–water partition coefficient (Wildman–Crippen LogP) is 4.63. The van der Waals surface area contributed by atoms with Crippen LogP contribution in [0.3, 0.4) is 0 Å². The standard InChI is InChI=1S/C12H14OS.C7H7BrO/c1-2-3-4-9-14-12-7-5-11(10-13)6-8-12;8-7-3-1-6(5-9)2-4-7/h5-8,13H,2,9-10H2,1H3;1-4,9H,5H2. The van der Waals surface area contributed by atoms with Gasteiger partial charge in [-0.3, -0.25) is 0 Å². The first-order valence-corrected chi connectivity index (χ1v) is 9.11. The zero-order chi connectivity index (χ0) is 16.9. The maximum absolute atomic E-state index is 8.85. The SMILES string of the molecule is CCC#CCSc1ccc(CO)cc1.OCc1ccc(Br)cc1. The zero-order valence-electron chi connectivity index (χ0n) is 13.1. The third kappa shape index (κ3) is 8.83. The second kappa shape index (κ2) is 12.2. The Morgan fingerprint density at radius 1 is 0.870 bits per heavy atom. The second-order valence-electron chi connectivity index (χ2n) is 4.58. The van der Waals surface area contributed by atoms with Crippen molar-refractivity contribution in [3.63, 3.8) is 0 Å². The fourth-order valence-corrected chi connectivity index (χ4v) is 2.51. The molecule has 0 saturated carbocycles. The summed E-state index contributed by atoms with van der Waals surface area (Å²) < 4.78 is 1.04. The minimum absolute atomic E-state index is 0.112. The Balaban J connectivity index is 0.000000253. The Bertz CT molecular complexity index is 613. The van der Waals surface area contributed by atoms with Crippen LogP contribution < -0.4 is 0 Å². The molecule has 0 aromatic heterocycles. The van der Waals surface area contributed by atoms with Gasteiger partial charge in [-0.25, -0.2) is 0 Å². The number of halogens is 1. The molecular formula is C19H21BrO2S. The highest BCUT2D eigenvalue weighted by atomic mass is 79.9. The van der Waals surface area contributed by atoms with E-state index in [4.69, 9.17) is 10.2 Å². The van der Waals surface area contributed by atoms with E-state index >= 15 is 0 Å². The van der Waals surface area contributed by atoms with Gasteiger partial charge >= 0.3 is 0 Å². The van der Waals surface area contributed by atoms with Gasteiger partial charge in [0.05, 0.1) is 19.0 Å². The summed E-state index contributed by atoms with van der Waals surface area (Å²) in [4.78, 5) is 1.20. The zero-order valence-corrected chi connectivity index (χ0v) is 15.5. The maximum atomic E-state index is 8.85. The molecule has 0 heterocycles. The Kier molecular flexibility index (Phi) is 10.5. The predicted molar refractivity (Wildman–Crippen MR) is 101 cm³/mol. The highest BCUT2D eigenvalue weighted by Crippen LogP contribution is 2.17. The largest absolute Gasteiger partial charge is 0.392 e. The van der Waals surface area contributed by atoms with Gasteiger partial charge in [0, 0.05) is 15.8 Å². The molecule has 4 heteroatoms. The Hall–Kier alpha value is -1.25. The molecule has 0 unspecified atom stereocenters. The molecule has 0 aliphatic rings. The third-order valence-corrected chi connectivity index (χ3v) is 4.24. The normalized spacial score (nSPS) is 9.39. The van der Waals surface area contributed by atoms with Crippen molar-refractivity contribution in [3.05, 3.63) is 64.1 Å². The molecule has 2 rings (SSSR count). The molecule has 0 bridgehead atoms. The number of rotatable bonds is 4. The number of thioether (sulfide) groups is 1. The molecule has 0 aliphatic heterocycles. The van der Waals surface area contributed by atoms with Crippen LogP contribution in [0.25, 0.3) is 0 Å². The summed E-state index contributed by atoms with van der Waals surface area (Å²) >= 11 is 5.02. The lowest BCUT2D eigenvalue weighted by Gasteiger charge is -1.98. The molecule has 2 nitrogen and oxygen atoms in total. The smallest absolute Gasteiger partial charge is 0.0681 e. The monoisotopic (exact) mass is 392 g/mol. The molecule has 0 aliphatic carbocycles. The quantitative estimate of drug-likeness (QED) is 0.588. The van der Waals surface area contributed by atoms with E-state index in [1.165, 1.54) is 4.90 Å². The van der Waals surface area contributed by atoms with Crippen LogP contribution in [0.4, 0.5) is 0 Å². The first-order chi connectivity index (χ1) is 11.2. The van der Waals surface area contributed by atoms with Crippen LogP contribution in [0.2, 0.25) is 0 Å². The number of aliphatic hydroxyl groups is 2. The molecule has 0 radical (unpaired) electrons. The summed E-state index contributed by atoms with van der Waals surface area (Å²) in [6, 6.07) is 15.5. The van der Waals surface area contributed by atoms with Gasteiger partial charge < -0.3 is 10.2 Å². The van der Waals surface area contributed by atoms with E-state index in [2.05, 4.69) is 27.8 Å². The number of hydrogen-bond donors (Lipinski definition) is 2. The summed E-state index contributed by atoms with van der Waals surface area (Å²) in [5.74, 6) is 6.95. The molecule has 0 saturated heterocycles. The second-order valence-corrected chi connectivity index (χ2v) is 6.55. The topological polar surface area (TPSA) is 40.5 Å². The summed E-state index contributed by atoms with van der Waals surface area (Å²) in [7, 11) is 0. The summed E-state index contributed by atoms with van der Waals surface area (Å²) in [6.45, 7) is 2.28. The Morgan fingerprint density at radius 3 is 1.87 bits per heavy atom. The van der Waals surface area contributed by atoms with Crippen molar-refractivity contribution in [1.82, 2.24) is 0 Å². The molecule has 0 atom stereocenters. The van der Waals surface area contributed by atoms with Crippen molar-refractivity contribution in [1.29, 1.82) is 0 Å². The molecule has 0 spiro atoms. The van der Waals surface area contributed by atoms with Crippen LogP contribution in [0.15, 0.2) is 57.9 Å². The van der Waals surface area contributed by atoms with E-state index in [0.717, 1.165) is 27.8 Å². The van der Waals surface area contributed by atoms with Crippen molar-refractivity contribution in [2.75, 3.05) is 5.75 Å². The average Bonchev–Trinajstić information content (AvgIpc) is 2.60. The van der Waals surface area contributed by atoms with Gasteiger partial charge in [0.15, 0.2) is 0 Å². The van der Waals surface area contributed by atoms with Gasteiger partial charge in [0.25, 0.3) is 0 Å². The van der Waals surface area contributed by atoms with Crippen molar-refractivity contribution >= 4 is 27.7 Å². The highest BCUT2D eigenvalue weighted by Gasteiger charge is 1.92. The molecule has 2 aromatic carbocycles. The average molecular weight is 393 g/mol. The van der Waals surface area contributed by atoms with Crippen molar-refractivity contribution in [2.24, 2.45) is 0 Å². The molecule has 2 N–H and O–H groups in total. The van der Waals surface area contributed by atoms with Crippen molar-refractivity contribution in [3.8, 4) is 11.8 Å². The minimum Gasteiger partial charge on any atom is -0.392 e. The molecule has 23 heavy (non-hydrogen) atoms. The highest BCUT2D eigenvalue weighted by molar-refractivity contribution is 9.10. The first kappa shape index (κ1) is 19.8. The molecule has 2 aromatic rings. The van der Waals surface area contributed by atoms with Crippen LogP contribution in [0, 0.1) is 11.8 Å². The number of benzene rings is 2. The third-order valence-electron chi connectivity index (χ3n) is 2.81. The number of aliphatic hydroxyl groups excluding tert-OH is 2. The van der Waals surface area contributed by atoms with E-state index in [1.807, 2.05) is 55.5 Å². The van der Waals surface area contributed by atoms with Gasteiger partial charge in [-0.1, -0.05) is 53.0 Å². The van der Waals surface area contributed by atoms with Gasteiger partial charge in [0.2, 0.25) is 0 Å².